The van der Waals surface area contributed by atoms with Crippen molar-refractivity contribution in [1.29, 1.82) is 0 Å². The van der Waals surface area contributed by atoms with Crippen molar-refractivity contribution >= 4 is 5.91 Å². The molecule has 1 fully saturated rings. The van der Waals surface area contributed by atoms with E-state index in [2.05, 4.69) is 24.0 Å². The lowest BCUT2D eigenvalue weighted by molar-refractivity contribution is -0.116. The second kappa shape index (κ2) is 4.30. The monoisotopic (exact) mass is 201 g/mol. The fraction of sp³-hybridized carbons (Fsp3) is 0.308. The van der Waals surface area contributed by atoms with Crippen molar-refractivity contribution in [1.82, 2.24) is 5.32 Å². The molecular formula is C13H15NO. The third kappa shape index (κ3) is 2.46. The minimum absolute atomic E-state index is 0.0214. The molecule has 1 atom stereocenters. The van der Waals surface area contributed by atoms with Gasteiger partial charge in [-0.05, 0) is 24.8 Å². The van der Waals surface area contributed by atoms with Crippen LogP contribution in [-0.2, 0) is 11.2 Å². The minimum atomic E-state index is 0.0214. The van der Waals surface area contributed by atoms with Gasteiger partial charge >= 0.3 is 0 Å². The highest BCUT2D eigenvalue weighted by molar-refractivity contribution is 5.95. The number of nitrogens with one attached hydrogen (secondary N) is 1. The molecule has 0 aliphatic carbocycles. The first-order valence-electron chi connectivity index (χ1n) is 5.28. The lowest BCUT2D eigenvalue weighted by Crippen LogP contribution is -2.25. The van der Waals surface area contributed by atoms with Gasteiger partial charge in [0.05, 0.1) is 0 Å². The van der Waals surface area contributed by atoms with Crippen LogP contribution in [-0.4, -0.2) is 11.9 Å². The number of carbonyl (C=O) groups is 1. The highest BCUT2D eigenvalue weighted by Gasteiger charge is 2.23. The number of carbonyl (C=O) groups excluding carboxylic acids is 1. The second-order valence-electron chi connectivity index (χ2n) is 4.00. The summed E-state index contributed by atoms with van der Waals surface area (Å²) in [4.78, 5) is 11.2. The molecule has 15 heavy (non-hydrogen) atoms. The van der Waals surface area contributed by atoms with Crippen molar-refractivity contribution in [2.24, 2.45) is 0 Å². The Labute approximate surface area is 90.0 Å². The third-order valence-corrected chi connectivity index (χ3v) is 2.77. The van der Waals surface area contributed by atoms with E-state index in [1.807, 2.05) is 18.2 Å². The summed E-state index contributed by atoms with van der Waals surface area (Å²) < 4.78 is 0. The summed E-state index contributed by atoms with van der Waals surface area (Å²) >= 11 is 0. The molecule has 1 aromatic rings. The molecular weight excluding hydrogens is 186 g/mol. The Morgan fingerprint density at radius 3 is 2.67 bits per heavy atom. The molecule has 1 amide bonds. The van der Waals surface area contributed by atoms with Gasteiger partial charge < -0.3 is 5.32 Å². The maximum absolute atomic E-state index is 11.2. The van der Waals surface area contributed by atoms with Gasteiger partial charge in [-0.25, -0.2) is 0 Å². The van der Waals surface area contributed by atoms with Crippen LogP contribution in [0.5, 0.6) is 0 Å². The number of amides is 1. The van der Waals surface area contributed by atoms with Gasteiger partial charge in [0.25, 0.3) is 0 Å². The molecule has 0 radical (unpaired) electrons. The maximum atomic E-state index is 11.2. The van der Waals surface area contributed by atoms with E-state index in [4.69, 9.17) is 0 Å². The van der Waals surface area contributed by atoms with Gasteiger partial charge in [-0.2, -0.15) is 0 Å². The fourth-order valence-corrected chi connectivity index (χ4v) is 1.89. The predicted octanol–water partition coefficient (Wildman–Crippen LogP) is 2.06. The average Bonchev–Trinajstić information content (AvgIpc) is 2.57. The largest absolute Gasteiger partial charge is 0.349 e. The molecule has 0 aromatic heterocycles. The van der Waals surface area contributed by atoms with Crippen molar-refractivity contribution in [3.8, 4) is 0 Å². The Balaban J connectivity index is 1.85. The van der Waals surface area contributed by atoms with Crippen LogP contribution < -0.4 is 5.32 Å². The van der Waals surface area contributed by atoms with E-state index in [1.165, 1.54) is 5.56 Å². The Morgan fingerprint density at radius 1 is 1.33 bits per heavy atom. The molecule has 1 heterocycles. The van der Waals surface area contributed by atoms with Gasteiger partial charge in [-0.3, -0.25) is 4.79 Å². The van der Waals surface area contributed by atoms with Crippen molar-refractivity contribution in [2.75, 3.05) is 0 Å². The van der Waals surface area contributed by atoms with Crippen LogP contribution in [0.4, 0.5) is 0 Å². The second-order valence-corrected chi connectivity index (χ2v) is 4.00. The average molecular weight is 201 g/mol. The van der Waals surface area contributed by atoms with E-state index in [9.17, 15) is 4.79 Å². The van der Waals surface area contributed by atoms with Gasteiger partial charge in [0.2, 0.25) is 5.91 Å². The molecule has 1 aromatic carbocycles. The quantitative estimate of drug-likeness (QED) is 0.745. The molecule has 1 N–H and O–H groups in total. The van der Waals surface area contributed by atoms with Gasteiger partial charge in [-0.1, -0.05) is 36.9 Å². The molecule has 1 aliphatic heterocycles. The summed E-state index contributed by atoms with van der Waals surface area (Å²) in [5.74, 6) is 0.0214. The van der Waals surface area contributed by atoms with Crippen molar-refractivity contribution in [3.63, 3.8) is 0 Å². The predicted molar refractivity (Wildman–Crippen MR) is 60.5 cm³/mol. The first-order valence-corrected chi connectivity index (χ1v) is 5.28. The van der Waals surface area contributed by atoms with Crippen LogP contribution in [0.3, 0.4) is 0 Å². The van der Waals surface area contributed by atoms with E-state index >= 15 is 0 Å². The maximum Gasteiger partial charge on any atom is 0.246 e. The molecule has 0 spiro atoms. The molecule has 2 nitrogen and oxygen atoms in total. The third-order valence-electron chi connectivity index (χ3n) is 2.77. The molecule has 78 valence electrons. The molecule has 1 saturated heterocycles. The van der Waals surface area contributed by atoms with Crippen molar-refractivity contribution in [3.05, 3.63) is 48.0 Å². The molecule has 1 aliphatic rings. The summed E-state index contributed by atoms with van der Waals surface area (Å²) in [5, 5.41) is 2.94. The smallest absolute Gasteiger partial charge is 0.246 e. The molecule has 0 bridgehead atoms. The highest BCUT2D eigenvalue weighted by atomic mass is 16.2. The van der Waals surface area contributed by atoms with E-state index in [0.717, 1.165) is 19.3 Å². The zero-order valence-electron chi connectivity index (χ0n) is 8.70. The van der Waals surface area contributed by atoms with Crippen LogP contribution in [0, 0.1) is 0 Å². The summed E-state index contributed by atoms with van der Waals surface area (Å²) in [6.45, 7) is 3.73. The van der Waals surface area contributed by atoms with Crippen molar-refractivity contribution < 1.29 is 4.79 Å². The number of rotatable bonds is 3. The summed E-state index contributed by atoms with van der Waals surface area (Å²) in [6.07, 6.45) is 2.81. The Kier molecular flexibility index (Phi) is 2.86. The minimum Gasteiger partial charge on any atom is -0.349 e. The van der Waals surface area contributed by atoms with E-state index in [1.54, 1.807) is 0 Å². The Hall–Kier alpha value is -1.57. The van der Waals surface area contributed by atoms with E-state index in [0.29, 0.717) is 5.57 Å². The van der Waals surface area contributed by atoms with Gasteiger partial charge in [0, 0.05) is 11.6 Å². The van der Waals surface area contributed by atoms with Crippen LogP contribution in [0.25, 0.3) is 0 Å². The first kappa shape index (κ1) is 9.97. The number of benzene rings is 1. The Morgan fingerprint density at radius 2 is 2.07 bits per heavy atom. The van der Waals surface area contributed by atoms with Gasteiger partial charge in [0.1, 0.15) is 0 Å². The first-order chi connectivity index (χ1) is 7.25. The lowest BCUT2D eigenvalue weighted by atomic mass is 10.0. The number of hydrogen-bond acceptors (Lipinski definition) is 1. The van der Waals surface area contributed by atoms with Gasteiger partial charge in [0.15, 0.2) is 0 Å². The van der Waals surface area contributed by atoms with Gasteiger partial charge in [-0.15, -0.1) is 0 Å². The lowest BCUT2D eigenvalue weighted by Gasteiger charge is -2.08. The number of hydrogen-bond donors (Lipinski definition) is 1. The SMILES string of the molecule is C=C1C[C@@H](CCc2ccccc2)NC1=O. The standard InChI is InChI=1S/C13H15NO/c1-10-9-12(14-13(10)15)8-7-11-5-3-2-4-6-11/h2-6,12H,1,7-9H2,(H,14,15)/t12-/m1/s1. The normalized spacial score (nSPS) is 20.4. The number of aryl methyl sites for hydroxylation is 1. The highest BCUT2D eigenvalue weighted by Crippen LogP contribution is 2.16. The van der Waals surface area contributed by atoms with E-state index < -0.39 is 0 Å². The zero-order chi connectivity index (χ0) is 10.7. The topological polar surface area (TPSA) is 29.1 Å². The molecule has 0 unspecified atom stereocenters. The fourth-order valence-electron chi connectivity index (χ4n) is 1.89. The summed E-state index contributed by atoms with van der Waals surface area (Å²) in [6, 6.07) is 10.6. The van der Waals surface area contributed by atoms with Crippen molar-refractivity contribution in [2.45, 2.75) is 25.3 Å². The summed E-state index contributed by atoms with van der Waals surface area (Å²) in [5.41, 5.74) is 2.04. The van der Waals surface area contributed by atoms with E-state index in [-0.39, 0.29) is 11.9 Å². The van der Waals surface area contributed by atoms with Crippen LogP contribution in [0.1, 0.15) is 18.4 Å². The molecule has 0 saturated carbocycles. The van der Waals surface area contributed by atoms with Crippen LogP contribution >= 0.6 is 0 Å². The molecule has 2 heteroatoms. The van der Waals surface area contributed by atoms with Crippen LogP contribution in [0.15, 0.2) is 42.5 Å². The zero-order valence-corrected chi connectivity index (χ0v) is 8.70. The Bertz CT molecular complexity index is 353. The summed E-state index contributed by atoms with van der Waals surface area (Å²) in [7, 11) is 0. The van der Waals surface area contributed by atoms with Crippen LogP contribution in [0.2, 0.25) is 0 Å². The molecule has 2 rings (SSSR count).